The first-order chi connectivity index (χ1) is 12.0. The quantitative estimate of drug-likeness (QED) is 0.763. The number of rotatable bonds is 5. The Balaban J connectivity index is 1.62. The van der Waals surface area contributed by atoms with Crippen LogP contribution in [-0.4, -0.2) is 15.9 Å². The van der Waals surface area contributed by atoms with Gasteiger partial charge in [0.15, 0.2) is 11.7 Å². The number of aryl methyl sites for hydroxylation is 2. The van der Waals surface area contributed by atoms with E-state index in [4.69, 9.17) is 4.42 Å². The average Bonchev–Trinajstić information content (AvgIpc) is 3.04. The van der Waals surface area contributed by atoms with Crippen molar-refractivity contribution in [2.24, 2.45) is 0 Å². The van der Waals surface area contributed by atoms with Gasteiger partial charge in [-0.1, -0.05) is 6.07 Å². The molecule has 0 aliphatic heterocycles. The number of benzene rings is 1. The Bertz CT molecular complexity index is 909. The zero-order valence-corrected chi connectivity index (χ0v) is 13.4. The molecular weight excluding hydrogens is 328 g/mol. The summed E-state index contributed by atoms with van der Waals surface area (Å²) >= 11 is 0. The van der Waals surface area contributed by atoms with Crippen LogP contribution in [0.1, 0.15) is 17.9 Å². The lowest BCUT2D eigenvalue weighted by Crippen LogP contribution is -2.14. The van der Waals surface area contributed by atoms with Gasteiger partial charge in [-0.25, -0.2) is 18.7 Å². The largest absolute Gasteiger partial charge is 0.441 e. The topological polar surface area (TPSA) is 68.0 Å². The zero-order chi connectivity index (χ0) is 17.8. The molecule has 5 nitrogen and oxygen atoms in total. The Morgan fingerprint density at radius 2 is 2.08 bits per heavy atom. The lowest BCUT2D eigenvalue weighted by atomic mass is 10.2. The molecule has 2 aromatic heterocycles. The maximum atomic E-state index is 13.7. The number of carbonyl (C=O) groups is 1. The number of carbonyl (C=O) groups excluding carboxylic acids is 1. The summed E-state index contributed by atoms with van der Waals surface area (Å²) in [6.45, 7) is 1.85. The number of aromatic nitrogens is 2. The first-order valence-corrected chi connectivity index (χ1v) is 7.64. The van der Waals surface area contributed by atoms with Gasteiger partial charge in [-0.15, -0.1) is 0 Å². The molecule has 2 heterocycles. The van der Waals surface area contributed by atoms with E-state index in [1.165, 1.54) is 12.3 Å². The highest BCUT2D eigenvalue weighted by Crippen LogP contribution is 2.24. The molecule has 25 heavy (non-hydrogen) atoms. The van der Waals surface area contributed by atoms with E-state index in [2.05, 4.69) is 15.3 Å². The summed E-state index contributed by atoms with van der Waals surface area (Å²) in [5.74, 6) is -0.628. The summed E-state index contributed by atoms with van der Waals surface area (Å²) in [7, 11) is 0. The number of anilines is 1. The van der Waals surface area contributed by atoms with Crippen molar-refractivity contribution in [3.05, 3.63) is 65.8 Å². The van der Waals surface area contributed by atoms with Crippen molar-refractivity contribution in [2.45, 2.75) is 19.8 Å². The normalized spacial score (nSPS) is 10.7. The van der Waals surface area contributed by atoms with Crippen molar-refractivity contribution < 1.29 is 18.0 Å². The van der Waals surface area contributed by atoms with E-state index in [1.54, 1.807) is 12.3 Å². The van der Waals surface area contributed by atoms with Crippen molar-refractivity contribution in [1.29, 1.82) is 0 Å². The molecule has 128 valence electrons. The molecule has 0 aliphatic carbocycles. The van der Waals surface area contributed by atoms with Gasteiger partial charge in [-0.2, -0.15) is 0 Å². The SMILES string of the molecule is Cc1cccnc1NC(=O)CCc1ncc(-c2ccc(F)cc2F)o1. The van der Waals surface area contributed by atoms with E-state index < -0.39 is 11.6 Å². The minimum Gasteiger partial charge on any atom is -0.441 e. The third kappa shape index (κ3) is 4.06. The number of pyridine rings is 1. The smallest absolute Gasteiger partial charge is 0.226 e. The predicted octanol–water partition coefficient (Wildman–Crippen LogP) is 3.89. The number of hydrogen-bond donors (Lipinski definition) is 1. The first-order valence-electron chi connectivity index (χ1n) is 7.64. The van der Waals surface area contributed by atoms with Gasteiger partial charge >= 0.3 is 0 Å². The molecule has 0 aliphatic rings. The molecule has 3 rings (SSSR count). The molecule has 0 saturated heterocycles. The molecule has 1 aromatic carbocycles. The van der Waals surface area contributed by atoms with Crippen LogP contribution in [0.5, 0.6) is 0 Å². The zero-order valence-electron chi connectivity index (χ0n) is 13.4. The second kappa shape index (κ2) is 7.21. The molecule has 0 radical (unpaired) electrons. The maximum Gasteiger partial charge on any atom is 0.226 e. The molecule has 3 aromatic rings. The summed E-state index contributed by atoms with van der Waals surface area (Å²) < 4.78 is 32.1. The fraction of sp³-hybridized carbons (Fsp3) is 0.167. The lowest BCUT2D eigenvalue weighted by Gasteiger charge is -2.05. The molecule has 7 heteroatoms. The van der Waals surface area contributed by atoms with Gasteiger partial charge in [0.2, 0.25) is 5.91 Å². The van der Waals surface area contributed by atoms with Crippen molar-refractivity contribution in [3.63, 3.8) is 0 Å². The van der Waals surface area contributed by atoms with Crippen LogP contribution >= 0.6 is 0 Å². The molecule has 1 N–H and O–H groups in total. The fourth-order valence-corrected chi connectivity index (χ4v) is 2.27. The van der Waals surface area contributed by atoms with Crippen LogP contribution < -0.4 is 5.32 Å². The molecule has 0 saturated carbocycles. The van der Waals surface area contributed by atoms with Crippen molar-refractivity contribution in [1.82, 2.24) is 9.97 Å². The third-order valence-electron chi connectivity index (χ3n) is 3.58. The Kier molecular flexibility index (Phi) is 4.83. The van der Waals surface area contributed by atoms with Crippen LogP contribution in [0.2, 0.25) is 0 Å². The van der Waals surface area contributed by atoms with Crippen LogP contribution in [0.4, 0.5) is 14.6 Å². The number of nitrogens with zero attached hydrogens (tertiary/aromatic N) is 2. The number of hydrogen-bond acceptors (Lipinski definition) is 4. The molecular formula is C18H15F2N3O2. The lowest BCUT2D eigenvalue weighted by molar-refractivity contribution is -0.116. The van der Waals surface area contributed by atoms with E-state index >= 15 is 0 Å². The number of amides is 1. The Morgan fingerprint density at radius 1 is 1.24 bits per heavy atom. The summed E-state index contributed by atoms with van der Waals surface area (Å²) in [4.78, 5) is 20.1. The second-order valence-corrected chi connectivity index (χ2v) is 5.46. The first kappa shape index (κ1) is 16.8. The van der Waals surface area contributed by atoms with Gasteiger partial charge in [-0.3, -0.25) is 4.79 Å². The highest BCUT2D eigenvalue weighted by atomic mass is 19.1. The molecule has 0 unspecified atom stereocenters. The minimum absolute atomic E-state index is 0.119. The van der Waals surface area contributed by atoms with Crippen LogP contribution in [0.25, 0.3) is 11.3 Å². The van der Waals surface area contributed by atoms with Gasteiger partial charge in [0, 0.05) is 25.1 Å². The van der Waals surface area contributed by atoms with Crippen LogP contribution in [0.3, 0.4) is 0 Å². The predicted molar refractivity (Wildman–Crippen MR) is 87.8 cm³/mol. The number of halogens is 2. The molecule has 0 bridgehead atoms. The van der Waals surface area contributed by atoms with Gasteiger partial charge in [0.1, 0.15) is 17.5 Å². The van der Waals surface area contributed by atoms with Crippen molar-refractivity contribution in [3.8, 4) is 11.3 Å². The van der Waals surface area contributed by atoms with Crippen molar-refractivity contribution >= 4 is 11.7 Å². The number of oxazole rings is 1. The maximum absolute atomic E-state index is 13.7. The number of nitrogens with one attached hydrogen (secondary N) is 1. The van der Waals surface area contributed by atoms with Gasteiger partial charge in [0.05, 0.1) is 11.8 Å². The molecule has 0 atom stereocenters. The molecule has 0 spiro atoms. The van der Waals surface area contributed by atoms with Crippen LogP contribution in [0, 0.1) is 18.6 Å². The second-order valence-electron chi connectivity index (χ2n) is 5.46. The summed E-state index contributed by atoms with van der Waals surface area (Å²) in [6, 6.07) is 6.84. The molecule has 0 fully saturated rings. The van der Waals surface area contributed by atoms with E-state index in [1.807, 2.05) is 13.0 Å². The van der Waals surface area contributed by atoms with Crippen LogP contribution in [0.15, 0.2) is 47.1 Å². The van der Waals surface area contributed by atoms with Gasteiger partial charge < -0.3 is 9.73 Å². The monoisotopic (exact) mass is 343 g/mol. The van der Waals surface area contributed by atoms with E-state index in [0.29, 0.717) is 11.7 Å². The summed E-state index contributed by atoms with van der Waals surface area (Å²) in [5.41, 5.74) is 0.981. The summed E-state index contributed by atoms with van der Waals surface area (Å²) in [5, 5.41) is 2.71. The third-order valence-corrected chi connectivity index (χ3v) is 3.58. The van der Waals surface area contributed by atoms with Gasteiger partial charge in [0.25, 0.3) is 0 Å². The average molecular weight is 343 g/mol. The van der Waals surface area contributed by atoms with Gasteiger partial charge in [-0.05, 0) is 30.7 Å². The minimum atomic E-state index is -0.730. The van der Waals surface area contributed by atoms with E-state index in [-0.39, 0.29) is 30.1 Å². The Labute approximate surface area is 142 Å². The van der Waals surface area contributed by atoms with Crippen LogP contribution in [-0.2, 0) is 11.2 Å². The van der Waals surface area contributed by atoms with Crippen molar-refractivity contribution in [2.75, 3.05) is 5.32 Å². The summed E-state index contributed by atoms with van der Waals surface area (Å²) in [6.07, 6.45) is 3.34. The Morgan fingerprint density at radius 3 is 2.84 bits per heavy atom. The standard InChI is InChI=1S/C18H15F2N3O2/c1-11-3-2-8-21-18(11)23-16(24)6-7-17-22-10-15(25-17)13-5-4-12(19)9-14(13)20/h2-5,8-10H,6-7H2,1H3,(H,21,23,24). The Hall–Kier alpha value is -3.09. The highest BCUT2D eigenvalue weighted by Gasteiger charge is 2.13. The van der Waals surface area contributed by atoms with E-state index in [9.17, 15) is 13.6 Å². The highest BCUT2D eigenvalue weighted by molar-refractivity contribution is 5.90. The van der Waals surface area contributed by atoms with E-state index in [0.717, 1.165) is 17.7 Å². The molecule has 1 amide bonds. The fourth-order valence-electron chi connectivity index (χ4n) is 2.27.